The Morgan fingerprint density at radius 2 is 2.00 bits per heavy atom. The number of rotatable bonds is 3. The van der Waals surface area contributed by atoms with E-state index >= 15 is 0 Å². The summed E-state index contributed by atoms with van der Waals surface area (Å²) in [4.78, 5) is 22.5. The van der Waals surface area contributed by atoms with Gasteiger partial charge in [-0.15, -0.1) is 0 Å². The van der Waals surface area contributed by atoms with E-state index in [0.717, 1.165) is 10.0 Å². The van der Waals surface area contributed by atoms with Crippen LogP contribution >= 0.6 is 27.5 Å². The number of benzene rings is 2. The molecule has 0 saturated carbocycles. The molecule has 0 aromatic heterocycles. The highest BCUT2D eigenvalue weighted by molar-refractivity contribution is 9.10. The molecule has 0 aliphatic rings. The molecule has 0 bridgehead atoms. The molecule has 2 aromatic rings. The summed E-state index contributed by atoms with van der Waals surface area (Å²) in [6.45, 7) is 1.81. The second kappa shape index (κ2) is 6.24. The minimum atomic E-state index is -0.595. The Hall–Kier alpha value is -1.92. The topological polar surface area (TPSA) is 72.2 Å². The zero-order chi connectivity index (χ0) is 15.6. The number of nitrogens with one attached hydrogen (secondary N) is 1. The summed E-state index contributed by atoms with van der Waals surface area (Å²) in [5, 5.41) is 13.5. The maximum Gasteiger partial charge on any atom is 0.289 e. The number of hydrogen-bond donors (Lipinski definition) is 1. The average Bonchev–Trinajstić information content (AvgIpc) is 2.43. The molecule has 108 valence electrons. The van der Waals surface area contributed by atoms with Gasteiger partial charge in [0.25, 0.3) is 11.6 Å². The molecule has 0 fully saturated rings. The molecule has 0 unspecified atom stereocenters. The van der Waals surface area contributed by atoms with Crippen LogP contribution in [0, 0.1) is 17.0 Å². The molecule has 0 aliphatic heterocycles. The number of aryl methyl sites for hydroxylation is 1. The van der Waals surface area contributed by atoms with Crippen LogP contribution in [0.5, 0.6) is 0 Å². The summed E-state index contributed by atoms with van der Waals surface area (Å²) in [7, 11) is 0. The summed E-state index contributed by atoms with van der Waals surface area (Å²) in [5.74, 6) is -0.342. The van der Waals surface area contributed by atoms with Gasteiger partial charge in [0.2, 0.25) is 0 Å². The van der Waals surface area contributed by atoms with Crippen molar-refractivity contribution in [1.29, 1.82) is 0 Å². The standard InChI is InChI=1S/C14H10BrClN2O3/c1-8-2-3-9(15)6-11(8)14(19)17-10-4-5-12(16)13(7-10)18(20)21/h2-7H,1H3,(H,17,19). The quantitative estimate of drug-likeness (QED) is 0.636. The summed E-state index contributed by atoms with van der Waals surface area (Å²) in [5.41, 5.74) is 1.36. The number of nitro groups is 1. The minimum Gasteiger partial charge on any atom is -0.322 e. The minimum absolute atomic E-state index is 0.0247. The number of nitro benzene ring substituents is 1. The van der Waals surface area contributed by atoms with Crippen LogP contribution in [0.3, 0.4) is 0 Å². The van der Waals surface area contributed by atoms with Crippen LogP contribution in [0.2, 0.25) is 5.02 Å². The van der Waals surface area contributed by atoms with Gasteiger partial charge in [-0.1, -0.05) is 33.6 Å². The van der Waals surface area contributed by atoms with Gasteiger partial charge in [-0.25, -0.2) is 0 Å². The second-order valence-corrected chi connectivity index (χ2v) is 5.66. The van der Waals surface area contributed by atoms with E-state index in [1.807, 2.05) is 19.1 Å². The van der Waals surface area contributed by atoms with Gasteiger partial charge in [0, 0.05) is 21.8 Å². The zero-order valence-electron chi connectivity index (χ0n) is 10.9. The molecule has 7 heteroatoms. The molecular formula is C14H10BrClN2O3. The van der Waals surface area contributed by atoms with Crippen molar-refractivity contribution in [3.63, 3.8) is 0 Å². The lowest BCUT2D eigenvalue weighted by Gasteiger charge is -2.08. The number of carbonyl (C=O) groups is 1. The van der Waals surface area contributed by atoms with Gasteiger partial charge in [-0.05, 0) is 36.8 Å². The van der Waals surface area contributed by atoms with Crippen LogP contribution in [-0.2, 0) is 0 Å². The molecule has 0 atom stereocenters. The molecule has 21 heavy (non-hydrogen) atoms. The van der Waals surface area contributed by atoms with E-state index in [2.05, 4.69) is 21.2 Å². The van der Waals surface area contributed by atoms with Gasteiger partial charge in [-0.3, -0.25) is 14.9 Å². The molecule has 0 heterocycles. The smallest absolute Gasteiger partial charge is 0.289 e. The Morgan fingerprint density at radius 3 is 2.67 bits per heavy atom. The lowest BCUT2D eigenvalue weighted by atomic mass is 10.1. The van der Waals surface area contributed by atoms with E-state index in [9.17, 15) is 14.9 Å². The highest BCUT2D eigenvalue weighted by Crippen LogP contribution is 2.28. The molecule has 2 rings (SSSR count). The summed E-state index contributed by atoms with van der Waals surface area (Å²) < 4.78 is 0.778. The monoisotopic (exact) mass is 368 g/mol. The van der Waals surface area contributed by atoms with Crippen molar-refractivity contribution >= 4 is 44.8 Å². The zero-order valence-corrected chi connectivity index (χ0v) is 13.2. The number of anilines is 1. The van der Waals surface area contributed by atoms with Crippen LogP contribution < -0.4 is 5.32 Å². The predicted octanol–water partition coefficient (Wildman–Crippen LogP) is 4.57. The Labute approximate surface area is 134 Å². The van der Waals surface area contributed by atoms with Gasteiger partial charge in [0.05, 0.1) is 4.92 Å². The van der Waals surface area contributed by atoms with Crippen molar-refractivity contribution in [3.05, 3.63) is 67.1 Å². The summed E-state index contributed by atoms with van der Waals surface area (Å²) in [6, 6.07) is 9.45. The highest BCUT2D eigenvalue weighted by atomic mass is 79.9. The summed E-state index contributed by atoms with van der Waals surface area (Å²) >= 11 is 9.03. The van der Waals surface area contributed by atoms with Gasteiger partial charge >= 0.3 is 0 Å². The van der Waals surface area contributed by atoms with Crippen LogP contribution in [0.25, 0.3) is 0 Å². The van der Waals surface area contributed by atoms with Crippen LogP contribution in [0.1, 0.15) is 15.9 Å². The Morgan fingerprint density at radius 1 is 1.29 bits per heavy atom. The molecular weight excluding hydrogens is 360 g/mol. The Balaban J connectivity index is 2.29. The molecule has 0 saturated heterocycles. The van der Waals surface area contributed by atoms with Crippen LogP contribution in [0.4, 0.5) is 11.4 Å². The van der Waals surface area contributed by atoms with Gasteiger partial charge in [0.1, 0.15) is 5.02 Å². The first-order chi connectivity index (χ1) is 9.88. The number of carbonyl (C=O) groups excluding carboxylic acids is 1. The summed E-state index contributed by atoms with van der Waals surface area (Å²) in [6.07, 6.45) is 0. The lowest BCUT2D eigenvalue weighted by molar-refractivity contribution is -0.384. The second-order valence-electron chi connectivity index (χ2n) is 4.34. The first-order valence-electron chi connectivity index (χ1n) is 5.90. The molecule has 2 aromatic carbocycles. The fraction of sp³-hybridized carbons (Fsp3) is 0.0714. The third kappa shape index (κ3) is 3.59. The van der Waals surface area contributed by atoms with Crippen molar-refractivity contribution in [1.82, 2.24) is 0 Å². The third-order valence-electron chi connectivity index (χ3n) is 2.84. The maximum atomic E-state index is 12.2. The Bertz CT molecular complexity index is 734. The van der Waals surface area contributed by atoms with Gasteiger partial charge in [-0.2, -0.15) is 0 Å². The third-order valence-corrected chi connectivity index (χ3v) is 3.66. The van der Waals surface area contributed by atoms with E-state index in [1.54, 1.807) is 6.07 Å². The lowest BCUT2D eigenvalue weighted by Crippen LogP contribution is -2.13. The van der Waals surface area contributed by atoms with Crippen LogP contribution in [-0.4, -0.2) is 10.8 Å². The van der Waals surface area contributed by atoms with Crippen molar-refractivity contribution in [2.24, 2.45) is 0 Å². The number of halogens is 2. The largest absolute Gasteiger partial charge is 0.322 e. The van der Waals surface area contributed by atoms with Gasteiger partial charge in [0.15, 0.2) is 0 Å². The number of amides is 1. The molecule has 1 N–H and O–H groups in total. The first-order valence-corrected chi connectivity index (χ1v) is 7.07. The Kier molecular flexibility index (Phi) is 4.59. The fourth-order valence-corrected chi connectivity index (χ4v) is 2.32. The molecule has 0 spiro atoms. The van der Waals surface area contributed by atoms with Crippen molar-refractivity contribution in [2.75, 3.05) is 5.32 Å². The van der Waals surface area contributed by atoms with E-state index in [0.29, 0.717) is 11.3 Å². The van der Waals surface area contributed by atoms with Crippen molar-refractivity contribution in [2.45, 2.75) is 6.92 Å². The predicted molar refractivity (Wildman–Crippen MR) is 84.9 cm³/mol. The maximum absolute atomic E-state index is 12.2. The first kappa shape index (κ1) is 15.5. The SMILES string of the molecule is Cc1ccc(Br)cc1C(=O)Nc1ccc(Cl)c([N+](=O)[O-])c1. The number of hydrogen-bond acceptors (Lipinski definition) is 3. The molecule has 0 aliphatic carbocycles. The van der Waals surface area contributed by atoms with Crippen molar-refractivity contribution in [3.8, 4) is 0 Å². The van der Waals surface area contributed by atoms with E-state index in [-0.39, 0.29) is 16.6 Å². The van der Waals surface area contributed by atoms with E-state index < -0.39 is 4.92 Å². The molecule has 0 radical (unpaired) electrons. The number of nitrogens with zero attached hydrogens (tertiary/aromatic N) is 1. The van der Waals surface area contributed by atoms with E-state index in [4.69, 9.17) is 11.6 Å². The molecule has 5 nitrogen and oxygen atoms in total. The molecule has 1 amide bonds. The van der Waals surface area contributed by atoms with Crippen molar-refractivity contribution < 1.29 is 9.72 Å². The van der Waals surface area contributed by atoms with Gasteiger partial charge < -0.3 is 5.32 Å². The highest BCUT2D eigenvalue weighted by Gasteiger charge is 2.15. The fourth-order valence-electron chi connectivity index (χ4n) is 1.77. The average molecular weight is 370 g/mol. The van der Waals surface area contributed by atoms with E-state index in [1.165, 1.54) is 18.2 Å². The normalized spacial score (nSPS) is 10.2. The van der Waals surface area contributed by atoms with Crippen LogP contribution in [0.15, 0.2) is 40.9 Å².